The lowest BCUT2D eigenvalue weighted by atomic mass is 10.1. The van der Waals surface area contributed by atoms with Gasteiger partial charge in [0, 0.05) is 86.6 Å². The van der Waals surface area contributed by atoms with Crippen molar-refractivity contribution in [2.45, 2.75) is 0 Å². The second-order valence-corrected chi connectivity index (χ2v) is 11.4. The highest BCUT2D eigenvalue weighted by atomic mass is 16.8. The van der Waals surface area contributed by atoms with Crippen LogP contribution in [0.1, 0.15) is 44.5 Å². The Kier molecular flexibility index (Phi) is 6.30. The predicted molar refractivity (Wildman–Crippen MR) is 187 cm³/mol. The first-order chi connectivity index (χ1) is 25.0. The third-order valence-electron chi connectivity index (χ3n) is 8.48. The van der Waals surface area contributed by atoms with Crippen LogP contribution in [0.5, 0.6) is 0 Å². The van der Waals surface area contributed by atoms with Crippen molar-refractivity contribution in [2.75, 3.05) is 5.23 Å². The zero-order valence-corrected chi connectivity index (χ0v) is 25.6. The lowest BCUT2D eigenvalue weighted by Gasteiger charge is -2.37. The molecule has 0 saturated carbocycles. The van der Waals surface area contributed by atoms with Crippen LogP contribution >= 0.6 is 0 Å². The number of rotatable bonds is 4. The van der Waals surface area contributed by atoms with E-state index >= 15 is 0 Å². The molecule has 0 aromatic heterocycles. The van der Waals surface area contributed by atoms with E-state index in [1.807, 2.05) is 0 Å². The van der Waals surface area contributed by atoms with E-state index in [0.717, 1.165) is 0 Å². The van der Waals surface area contributed by atoms with Crippen LogP contribution in [0.25, 0.3) is 0 Å². The van der Waals surface area contributed by atoms with Gasteiger partial charge in [-0.1, -0.05) is 0 Å². The Hall–Kier alpha value is -7.84. The van der Waals surface area contributed by atoms with Crippen molar-refractivity contribution in [3.05, 3.63) is 158 Å². The number of nitrogens with zero attached hydrogens (tertiary/aromatic N) is 12. The molecule has 20 heteroatoms. The van der Waals surface area contributed by atoms with Crippen molar-refractivity contribution >= 4 is 69.4 Å². The van der Waals surface area contributed by atoms with Crippen molar-refractivity contribution in [3.8, 4) is 0 Å². The van der Waals surface area contributed by atoms with Gasteiger partial charge in [0.25, 0.3) is 17.1 Å². The first-order valence-corrected chi connectivity index (χ1v) is 14.9. The molecule has 4 aromatic carbocycles. The number of hydrogen-bond donors (Lipinski definition) is 0. The van der Waals surface area contributed by atoms with Crippen LogP contribution in [0.4, 0.5) is 22.7 Å². The highest BCUT2D eigenvalue weighted by molar-refractivity contribution is 6.35. The fraction of sp³-hybridized carbons (Fsp3) is 0. The number of nitro benzene ring substituents is 3. The van der Waals surface area contributed by atoms with Gasteiger partial charge in [0.1, 0.15) is 0 Å². The summed E-state index contributed by atoms with van der Waals surface area (Å²) in [6.07, 6.45) is 0. The predicted octanol–water partition coefficient (Wildman–Crippen LogP) is 4.35. The lowest BCUT2D eigenvalue weighted by molar-refractivity contribution is -0.385. The van der Waals surface area contributed by atoms with Crippen LogP contribution in [0.2, 0.25) is 0 Å². The Balaban J connectivity index is 1.35. The minimum absolute atomic E-state index is 0.0133. The molecule has 0 amide bonds. The van der Waals surface area contributed by atoms with Crippen LogP contribution < -0.4 is 5.23 Å². The molecule has 52 heavy (non-hydrogen) atoms. The second-order valence-electron chi connectivity index (χ2n) is 11.4. The Bertz CT molecular complexity index is 2680. The molecule has 20 nitrogen and oxygen atoms in total. The van der Waals surface area contributed by atoms with E-state index in [4.69, 9.17) is 0 Å². The number of non-ortho nitro benzene ring substituents is 3. The first kappa shape index (κ1) is 30.2. The number of aliphatic imine (C=N–C) groups is 8. The zero-order valence-electron chi connectivity index (χ0n) is 25.6. The van der Waals surface area contributed by atoms with Gasteiger partial charge in [-0.3, -0.25) is 30.3 Å². The summed E-state index contributed by atoms with van der Waals surface area (Å²) in [6, 6.07) is 15.8. The van der Waals surface area contributed by atoms with E-state index in [9.17, 15) is 40.8 Å². The second kappa shape index (κ2) is 10.8. The molecule has 0 unspecified atom stereocenters. The van der Waals surface area contributed by atoms with Crippen LogP contribution in [-0.2, 0) is 0 Å². The summed E-state index contributed by atoms with van der Waals surface area (Å²) in [5.41, 5.74) is 1.11. The number of anilines is 1. The fourth-order valence-electron chi connectivity index (χ4n) is 6.07. The fourth-order valence-corrected chi connectivity index (χ4v) is 6.07. The van der Waals surface area contributed by atoms with E-state index in [1.165, 1.54) is 72.8 Å². The Morgan fingerprint density at radius 1 is 0.365 bits per heavy atom. The van der Waals surface area contributed by atoms with Crippen molar-refractivity contribution in [1.82, 2.24) is 0 Å². The molecule has 0 saturated heterocycles. The van der Waals surface area contributed by atoms with E-state index in [1.54, 1.807) is 0 Å². The highest BCUT2D eigenvalue weighted by Crippen LogP contribution is 2.33. The summed E-state index contributed by atoms with van der Waals surface area (Å²) in [5, 5.41) is 58.2. The normalized spacial score (nSPS) is 15.7. The van der Waals surface area contributed by atoms with Crippen molar-refractivity contribution in [1.29, 1.82) is 0 Å². The minimum Gasteiger partial charge on any atom is -0.769 e. The molecule has 5 heterocycles. The van der Waals surface area contributed by atoms with Gasteiger partial charge in [-0.25, -0.2) is 39.9 Å². The van der Waals surface area contributed by atoms with Crippen molar-refractivity contribution in [2.24, 2.45) is 39.9 Å². The average molecular weight is 693 g/mol. The van der Waals surface area contributed by atoms with E-state index in [0.29, 0.717) is 22.3 Å². The number of hydrogen-bond acceptors (Lipinski definition) is 17. The average Bonchev–Trinajstić information content (AvgIpc) is 3.85. The van der Waals surface area contributed by atoms with Gasteiger partial charge in [0.15, 0.2) is 46.7 Å². The summed E-state index contributed by atoms with van der Waals surface area (Å²) in [4.78, 5) is 70.3. The number of fused-ring (bicyclic) bond motifs is 16. The summed E-state index contributed by atoms with van der Waals surface area (Å²) in [5.74, 6) is -0.0871. The first-order valence-electron chi connectivity index (χ1n) is 14.9. The monoisotopic (exact) mass is 692 g/mol. The SMILES string of the molecule is O=[N+]([O-])c1ccc2c(c1)C1=NC3=NC(=NC4=NC(=NC5=NC(=NC2=N1)c1cc([N+](=O)[O-])ccc15)c1cc([N+](=O)[O-])ccc14)c1cc(N([O-])[O-])ccc13. The van der Waals surface area contributed by atoms with Gasteiger partial charge in [0.05, 0.1) is 14.8 Å². The molecule has 0 radical (unpaired) electrons. The topological polar surface area (TPSA) is 278 Å². The molecule has 5 aliphatic rings. The molecule has 4 aromatic rings. The molecular weight excluding hydrogens is 680 g/mol. The lowest BCUT2D eigenvalue weighted by Crippen LogP contribution is -2.07. The molecule has 9 rings (SSSR count). The number of amidine groups is 8. The number of nitro groups is 3. The van der Waals surface area contributed by atoms with Gasteiger partial charge >= 0.3 is 0 Å². The Morgan fingerprint density at radius 2 is 0.615 bits per heavy atom. The van der Waals surface area contributed by atoms with Gasteiger partial charge in [-0.2, -0.15) is 0 Å². The molecule has 0 fully saturated rings. The minimum atomic E-state index is -0.589. The van der Waals surface area contributed by atoms with Gasteiger partial charge < -0.3 is 15.6 Å². The summed E-state index contributed by atoms with van der Waals surface area (Å²) < 4.78 is 0. The van der Waals surface area contributed by atoms with Gasteiger partial charge in [-0.05, 0) is 36.4 Å². The van der Waals surface area contributed by atoms with Crippen molar-refractivity contribution in [3.63, 3.8) is 0 Å². The Labute approximate surface area is 287 Å². The Morgan fingerprint density at radius 3 is 0.885 bits per heavy atom. The van der Waals surface area contributed by atoms with Gasteiger partial charge in [0.2, 0.25) is 0 Å². The quantitative estimate of drug-likeness (QED) is 0.217. The smallest absolute Gasteiger partial charge is 0.270 e. The molecule has 8 bridgehead atoms. The van der Waals surface area contributed by atoms with Gasteiger partial charge in [-0.15, -0.1) is 0 Å². The summed E-state index contributed by atoms with van der Waals surface area (Å²) in [6.45, 7) is 0. The summed E-state index contributed by atoms with van der Waals surface area (Å²) >= 11 is 0. The van der Waals surface area contributed by atoms with Crippen LogP contribution in [0.3, 0.4) is 0 Å². The maximum atomic E-state index is 11.8. The van der Waals surface area contributed by atoms with E-state index in [2.05, 4.69) is 39.9 Å². The van der Waals surface area contributed by atoms with Crippen LogP contribution in [0.15, 0.2) is 113 Å². The summed E-state index contributed by atoms with van der Waals surface area (Å²) in [7, 11) is 0. The van der Waals surface area contributed by atoms with E-state index < -0.39 is 20.0 Å². The molecule has 250 valence electrons. The maximum absolute atomic E-state index is 11.8. The molecule has 0 N–H and O–H groups in total. The molecule has 0 aliphatic carbocycles. The third-order valence-corrected chi connectivity index (χ3v) is 8.48. The van der Waals surface area contributed by atoms with Crippen molar-refractivity contribution < 1.29 is 14.8 Å². The zero-order chi connectivity index (χ0) is 36.0. The standard InChI is InChI=1S/C32H12N12O8/c45-41(46)13-1-5-17-21(9-13)29-33-25(17)37-30-22-10-14(42(47)48)2-6-18(22)27(34-30)39-32-24-12-16(44(51)52)4-8-20(24)28(36-32)40-31-23-11-15(43(49)50)3-7-19(23)26(35-31)38-29/h1-12H/q-2. The van der Waals surface area contributed by atoms with Crippen LogP contribution in [0, 0.1) is 40.8 Å². The molecular formula is C32H12N12O8-2. The molecule has 5 aliphatic heterocycles. The third kappa shape index (κ3) is 4.63. The highest BCUT2D eigenvalue weighted by Gasteiger charge is 2.33. The van der Waals surface area contributed by atoms with E-state index in [-0.39, 0.29) is 91.7 Å². The van der Waals surface area contributed by atoms with Crippen LogP contribution in [-0.4, -0.2) is 61.5 Å². The molecule has 0 atom stereocenters. The molecule has 0 spiro atoms. The number of benzene rings is 4. The largest absolute Gasteiger partial charge is 0.769 e. The maximum Gasteiger partial charge on any atom is 0.270 e.